The zero-order valence-corrected chi connectivity index (χ0v) is 13.1. The normalized spacial score (nSPS) is 18.6. The van der Waals surface area contributed by atoms with Crippen LogP contribution in [0.5, 0.6) is 11.5 Å². The molecule has 0 saturated carbocycles. The van der Waals surface area contributed by atoms with Gasteiger partial charge in [-0.2, -0.15) is 0 Å². The fourth-order valence-corrected chi connectivity index (χ4v) is 2.90. The first kappa shape index (κ1) is 14.9. The van der Waals surface area contributed by atoms with E-state index in [-0.39, 0.29) is 0 Å². The van der Waals surface area contributed by atoms with Gasteiger partial charge in [-0.3, -0.25) is 0 Å². The largest absolute Gasteiger partial charge is 0.493 e. The zero-order chi connectivity index (χ0) is 14.5. The fourth-order valence-electron chi connectivity index (χ4n) is 2.51. The Hall–Kier alpha value is -1.49. The van der Waals surface area contributed by atoms with Gasteiger partial charge in [0, 0.05) is 24.3 Å². The lowest BCUT2D eigenvalue weighted by Gasteiger charge is -2.35. The van der Waals surface area contributed by atoms with Crippen LogP contribution < -0.4 is 14.8 Å². The molecule has 1 aromatic rings. The second-order valence-electron chi connectivity index (χ2n) is 5.04. The molecule has 0 aromatic heterocycles. The van der Waals surface area contributed by atoms with Crippen LogP contribution in [0.3, 0.4) is 0 Å². The number of nitrogens with zero attached hydrogens (tertiary/aromatic N) is 1. The summed E-state index contributed by atoms with van der Waals surface area (Å²) in [5.74, 6) is 1.42. The third kappa shape index (κ3) is 3.33. The number of ether oxygens (including phenoxy) is 2. The van der Waals surface area contributed by atoms with Gasteiger partial charge in [0.05, 0.1) is 14.2 Å². The van der Waals surface area contributed by atoms with Gasteiger partial charge in [0.15, 0.2) is 16.6 Å². The topological polar surface area (TPSA) is 33.7 Å². The first-order valence-corrected chi connectivity index (χ1v) is 7.36. The summed E-state index contributed by atoms with van der Waals surface area (Å²) < 4.78 is 10.5. The van der Waals surface area contributed by atoms with Crippen LogP contribution in [0.4, 0.5) is 5.69 Å². The lowest BCUT2D eigenvalue weighted by molar-refractivity contribution is 0.262. The number of hydrogen-bond acceptors (Lipinski definition) is 3. The Morgan fingerprint density at radius 2 is 2.00 bits per heavy atom. The van der Waals surface area contributed by atoms with Crippen molar-refractivity contribution >= 4 is 23.0 Å². The van der Waals surface area contributed by atoms with Crippen molar-refractivity contribution in [1.82, 2.24) is 4.90 Å². The monoisotopic (exact) mass is 294 g/mol. The number of nitrogens with one attached hydrogen (secondary N) is 1. The van der Waals surface area contributed by atoms with E-state index in [1.165, 1.54) is 19.3 Å². The summed E-state index contributed by atoms with van der Waals surface area (Å²) in [5.41, 5.74) is 0.922. The van der Waals surface area contributed by atoms with Crippen molar-refractivity contribution < 1.29 is 9.47 Å². The Morgan fingerprint density at radius 1 is 1.25 bits per heavy atom. The van der Waals surface area contributed by atoms with E-state index in [0.29, 0.717) is 11.8 Å². The predicted octanol–water partition coefficient (Wildman–Crippen LogP) is 3.28. The maximum Gasteiger partial charge on any atom is 0.173 e. The van der Waals surface area contributed by atoms with E-state index in [1.807, 2.05) is 18.2 Å². The summed E-state index contributed by atoms with van der Waals surface area (Å²) in [4.78, 5) is 2.26. The molecule has 4 nitrogen and oxygen atoms in total. The summed E-state index contributed by atoms with van der Waals surface area (Å²) in [6.45, 7) is 3.25. The molecule has 0 amide bonds. The molecule has 1 fully saturated rings. The van der Waals surface area contributed by atoms with E-state index in [2.05, 4.69) is 17.1 Å². The van der Waals surface area contributed by atoms with Crippen molar-refractivity contribution in [3.05, 3.63) is 18.2 Å². The third-order valence-electron chi connectivity index (χ3n) is 3.70. The molecule has 0 bridgehead atoms. The number of piperidine rings is 1. The van der Waals surface area contributed by atoms with E-state index in [4.69, 9.17) is 21.7 Å². The zero-order valence-electron chi connectivity index (χ0n) is 12.3. The highest BCUT2D eigenvalue weighted by Crippen LogP contribution is 2.30. The molecule has 1 saturated heterocycles. The Morgan fingerprint density at radius 3 is 2.65 bits per heavy atom. The van der Waals surface area contributed by atoms with E-state index in [0.717, 1.165) is 23.1 Å². The molecule has 110 valence electrons. The van der Waals surface area contributed by atoms with Gasteiger partial charge in [0.25, 0.3) is 0 Å². The lowest BCUT2D eigenvalue weighted by atomic mass is 10.0. The van der Waals surface area contributed by atoms with Gasteiger partial charge in [0.1, 0.15) is 0 Å². The van der Waals surface area contributed by atoms with Gasteiger partial charge in [0.2, 0.25) is 0 Å². The first-order chi connectivity index (χ1) is 9.65. The second kappa shape index (κ2) is 6.79. The summed E-state index contributed by atoms with van der Waals surface area (Å²) in [5, 5.41) is 4.07. The van der Waals surface area contributed by atoms with Gasteiger partial charge >= 0.3 is 0 Å². The highest BCUT2D eigenvalue weighted by Gasteiger charge is 2.20. The predicted molar refractivity (Wildman–Crippen MR) is 85.8 cm³/mol. The van der Waals surface area contributed by atoms with Crippen molar-refractivity contribution in [2.24, 2.45) is 0 Å². The number of rotatable bonds is 3. The molecule has 5 heteroatoms. The Kier molecular flexibility index (Phi) is 5.06. The number of methoxy groups -OCH3 is 2. The van der Waals surface area contributed by atoms with Crippen LogP contribution in [0.2, 0.25) is 0 Å². The standard InChI is InChI=1S/C15H22N2O2S/c1-11-6-4-5-9-17(11)15(20)16-12-7-8-13(18-2)14(10-12)19-3/h7-8,10-11H,4-6,9H2,1-3H3,(H,16,20). The van der Waals surface area contributed by atoms with E-state index in [9.17, 15) is 0 Å². The van der Waals surface area contributed by atoms with Gasteiger partial charge in [-0.05, 0) is 50.5 Å². The minimum Gasteiger partial charge on any atom is -0.493 e. The molecule has 0 spiro atoms. The summed E-state index contributed by atoms with van der Waals surface area (Å²) in [6, 6.07) is 6.23. The van der Waals surface area contributed by atoms with E-state index >= 15 is 0 Å². The molecule has 1 unspecified atom stereocenters. The molecule has 0 radical (unpaired) electrons. The van der Waals surface area contributed by atoms with Crippen molar-refractivity contribution in [3.8, 4) is 11.5 Å². The van der Waals surface area contributed by atoms with Gasteiger partial charge in [-0.1, -0.05) is 0 Å². The fraction of sp³-hybridized carbons (Fsp3) is 0.533. The smallest absolute Gasteiger partial charge is 0.173 e. The molecule has 1 atom stereocenters. The van der Waals surface area contributed by atoms with Crippen LogP contribution in [0.15, 0.2) is 18.2 Å². The molecule has 20 heavy (non-hydrogen) atoms. The summed E-state index contributed by atoms with van der Waals surface area (Å²) in [6.07, 6.45) is 3.70. The number of likely N-dealkylation sites (tertiary alicyclic amines) is 1. The molecule has 0 aliphatic carbocycles. The highest BCUT2D eigenvalue weighted by molar-refractivity contribution is 7.80. The van der Waals surface area contributed by atoms with Crippen LogP contribution >= 0.6 is 12.2 Å². The maximum atomic E-state index is 5.52. The molecule has 1 heterocycles. The quantitative estimate of drug-likeness (QED) is 0.865. The molecular weight excluding hydrogens is 272 g/mol. The van der Waals surface area contributed by atoms with Crippen molar-refractivity contribution in [2.75, 3.05) is 26.1 Å². The van der Waals surface area contributed by atoms with Crippen molar-refractivity contribution in [2.45, 2.75) is 32.2 Å². The number of benzene rings is 1. The van der Waals surface area contributed by atoms with Crippen LogP contribution in [-0.2, 0) is 0 Å². The minimum atomic E-state index is 0.504. The second-order valence-corrected chi connectivity index (χ2v) is 5.42. The van der Waals surface area contributed by atoms with Gasteiger partial charge < -0.3 is 19.7 Å². The Balaban J connectivity index is 2.07. The van der Waals surface area contributed by atoms with E-state index in [1.54, 1.807) is 14.2 Å². The molecule has 2 rings (SSSR count). The van der Waals surface area contributed by atoms with Gasteiger partial charge in [-0.15, -0.1) is 0 Å². The van der Waals surface area contributed by atoms with Gasteiger partial charge in [-0.25, -0.2) is 0 Å². The number of thiocarbonyl (C=S) groups is 1. The Bertz CT molecular complexity index is 479. The average Bonchev–Trinajstić information content (AvgIpc) is 2.47. The van der Waals surface area contributed by atoms with E-state index < -0.39 is 0 Å². The maximum absolute atomic E-state index is 5.52. The molecular formula is C15H22N2O2S. The van der Waals surface area contributed by atoms with Crippen LogP contribution in [0.25, 0.3) is 0 Å². The lowest BCUT2D eigenvalue weighted by Crippen LogP contribution is -2.44. The Labute approximate surface area is 126 Å². The molecule has 1 N–H and O–H groups in total. The third-order valence-corrected chi connectivity index (χ3v) is 4.04. The van der Waals surface area contributed by atoms with Crippen LogP contribution in [0.1, 0.15) is 26.2 Å². The average molecular weight is 294 g/mol. The first-order valence-electron chi connectivity index (χ1n) is 6.95. The number of anilines is 1. The summed E-state index contributed by atoms with van der Waals surface area (Å²) in [7, 11) is 3.26. The van der Waals surface area contributed by atoms with Crippen LogP contribution in [0, 0.1) is 0 Å². The highest BCUT2D eigenvalue weighted by atomic mass is 32.1. The molecule has 1 aliphatic heterocycles. The van der Waals surface area contributed by atoms with Crippen molar-refractivity contribution in [1.29, 1.82) is 0 Å². The summed E-state index contributed by atoms with van der Waals surface area (Å²) >= 11 is 5.52. The minimum absolute atomic E-state index is 0.504. The number of hydrogen-bond donors (Lipinski definition) is 1. The molecule has 1 aromatic carbocycles. The van der Waals surface area contributed by atoms with Crippen molar-refractivity contribution in [3.63, 3.8) is 0 Å². The van der Waals surface area contributed by atoms with Crippen LogP contribution in [-0.4, -0.2) is 36.8 Å². The molecule has 1 aliphatic rings. The SMILES string of the molecule is COc1ccc(NC(=S)N2CCCCC2C)cc1OC.